The molecule has 23 heavy (non-hydrogen) atoms. The fourth-order valence-corrected chi connectivity index (χ4v) is 2.47. The summed E-state index contributed by atoms with van der Waals surface area (Å²) in [6, 6.07) is 11.4. The molecular weight excluding hydrogens is 295 g/mol. The zero-order valence-electron chi connectivity index (χ0n) is 12.8. The van der Waals surface area contributed by atoms with E-state index in [2.05, 4.69) is 5.32 Å². The van der Waals surface area contributed by atoms with Crippen molar-refractivity contribution < 1.29 is 9.18 Å². The van der Waals surface area contributed by atoms with Crippen LogP contribution in [0.25, 0.3) is 10.8 Å². The Balaban J connectivity index is 2.06. The third kappa shape index (κ3) is 2.73. The zero-order valence-corrected chi connectivity index (χ0v) is 12.8. The highest BCUT2D eigenvalue weighted by Crippen LogP contribution is 2.18. The predicted molar refractivity (Wildman–Crippen MR) is 88.3 cm³/mol. The number of carbonyl (C=O) groups is 1. The van der Waals surface area contributed by atoms with Crippen LogP contribution in [0.2, 0.25) is 0 Å². The average molecular weight is 310 g/mol. The number of aryl methyl sites for hydroxylation is 2. The summed E-state index contributed by atoms with van der Waals surface area (Å²) in [6.45, 7) is 1.65. The van der Waals surface area contributed by atoms with Crippen LogP contribution in [0.1, 0.15) is 15.9 Å². The molecule has 0 aliphatic rings. The highest BCUT2D eigenvalue weighted by atomic mass is 19.1. The SMILES string of the molecule is Cc1ccc(NC(=O)c2cn(C)c(=O)c3ccccc23)cc1F. The standard InChI is InChI=1S/C18H15FN2O2/c1-11-7-8-12(9-16(11)19)20-17(22)15-10-21(2)18(23)14-6-4-3-5-13(14)15/h3-10H,1-2H3,(H,20,22). The van der Waals surface area contributed by atoms with Gasteiger partial charge in [-0.1, -0.05) is 24.3 Å². The van der Waals surface area contributed by atoms with Crippen molar-refractivity contribution >= 4 is 22.4 Å². The van der Waals surface area contributed by atoms with Gasteiger partial charge in [0.15, 0.2) is 0 Å². The molecule has 2 aromatic carbocycles. The number of hydrogen-bond donors (Lipinski definition) is 1. The highest BCUT2D eigenvalue weighted by molar-refractivity contribution is 6.12. The van der Waals surface area contributed by atoms with Crippen molar-refractivity contribution in [3.8, 4) is 0 Å². The molecule has 0 atom stereocenters. The number of nitrogens with one attached hydrogen (secondary N) is 1. The lowest BCUT2D eigenvalue weighted by Crippen LogP contribution is -2.21. The molecule has 0 radical (unpaired) electrons. The maximum atomic E-state index is 13.6. The van der Waals surface area contributed by atoms with E-state index in [0.29, 0.717) is 27.6 Å². The second kappa shape index (κ2) is 5.68. The van der Waals surface area contributed by atoms with Crippen molar-refractivity contribution in [2.75, 3.05) is 5.32 Å². The van der Waals surface area contributed by atoms with Gasteiger partial charge in [0, 0.05) is 29.7 Å². The molecule has 4 nitrogen and oxygen atoms in total. The minimum absolute atomic E-state index is 0.168. The van der Waals surface area contributed by atoms with Crippen LogP contribution in [0.3, 0.4) is 0 Å². The molecule has 0 aliphatic heterocycles. The largest absolute Gasteiger partial charge is 0.322 e. The van der Waals surface area contributed by atoms with Gasteiger partial charge in [-0.2, -0.15) is 0 Å². The topological polar surface area (TPSA) is 51.1 Å². The molecule has 3 rings (SSSR count). The summed E-state index contributed by atoms with van der Waals surface area (Å²) < 4.78 is 15.0. The molecule has 1 heterocycles. The van der Waals surface area contributed by atoms with E-state index in [4.69, 9.17) is 0 Å². The molecule has 0 saturated carbocycles. The van der Waals surface area contributed by atoms with Gasteiger partial charge in [0.25, 0.3) is 11.5 Å². The molecule has 0 spiro atoms. The van der Waals surface area contributed by atoms with E-state index >= 15 is 0 Å². The average Bonchev–Trinajstić information content (AvgIpc) is 2.54. The van der Waals surface area contributed by atoms with E-state index < -0.39 is 0 Å². The van der Waals surface area contributed by atoms with E-state index in [1.54, 1.807) is 50.4 Å². The number of anilines is 1. The minimum atomic E-state index is -0.389. The van der Waals surface area contributed by atoms with E-state index in [1.165, 1.54) is 16.8 Å². The summed E-state index contributed by atoms with van der Waals surface area (Å²) in [7, 11) is 1.59. The number of halogens is 1. The van der Waals surface area contributed by atoms with Crippen LogP contribution in [0, 0.1) is 12.7 Å². The number of pyridine rings is 1. The summed E-state index contributed by atoms with van der Waals surface area (Å²) in [5.41, 5.74) is 1.08. The van der Waals surface area contributed by atoms with Crippen LogP contribution in [0.15, 0.2) is 53.5 Å². The van der Waals surface area contributed by atoms with Crippen molar-refractivity contribution in [3.05, 3.63) is 76.0 Å². The first-order valence-corrected chi connectivity index (χ1v) is 7.13. The Morgan fingerprint density at radius 3 is 2.52 bits per heavy atom. The van der Waals surface area contributed by atoms with Crippen LogP contribution < -0.4 is 10.9 Å². The molecule has 0 bridgehead atoms. The van der Waals surface area contributed by atoms with E-state index in [1.807, 2.05) is 0 Å². The van der Waals surface area contributed by atoms with Gasteiger partial charge in [0.1, 0.15) is 5.82 Å². The lowest BCUT2D eigenvalue weighted by Gasteiger charge is -2.10. The Bertz CT molecular complexity index is 976. The number of benzene rings is 2. The fourth-order valence-electron chi connectivity index (χ4n) is 2.47. The van der Waals surface area contributed by atoms with Gasteiger partial charge in [-0.3, -0.25) is 9.59 Å². The number of rotatable bonds is 2. The van der Waals surface area contributed by atoms with Crippen molar-refractivity contribution in [2.24, 2.45) is 7.05 Å². The third-order valence-electron chi connectivity index (χ3n) is 3.77. The molecule has 0 fully saturated rings. The van der Waals surface area contributed by atoms with Crippen LogP contribution in [0.5, 0.6) is 0 Å². The van der Waals surface area contributed by atoms with Crippen molar-refractivity contribution in [1.82, 2.24) is 4.57 Å². The van der Waals surface area contributed by atoms with E-state index in [0.717, 1.165) is 0 Å². The smallest absolute Gasteiger partial charge is 0.258 e. The number of nitrogens with zero attached hydrogens (tertiary/aromatic N) is 1. The highest BCUT2D eigenvalue weighted by Gasteiger charge is 2.14. The second-order valence-electron chi connectivity index (χ2n) is 5.42. The van der Waals surface area contributed by atoms with Crippen molar-refractivity contribution in [1.29, 1.82) is 0 Å². The Hall–Kier alpha value is -2.95. The van der Waals surface area contributed by atoms with Crippen molar-refractivity contribution in [2.45, 2.75) is 6.92 Å². The van der Waals surface area contributed by atoms with Gasteiger partial charge in [0.2, 0.25) is 0 Å². The minimum Gasteiger partial charge on any atom is -0.322 e. The van der Waals surface area contributed by atoms with Gasteiger partial charge in [-0.25, -0.2) is 4.39 Å². The van der Waals surface area contributed by atoms with Gasteiger partial charge in [-0.15, -0.1) is 0 Å². The Morgan fingerprint density at radius 2 is 1.83 bits per heavy atom. The number of fused-ring (bicyclic) bond motifs is 1. The molecular formula is C18H15FN2O2. The van der Waals surface area contributed by atoms with Gasteiger partial charge >= 0.3 is 0 Å². The zero-order chi connectivity index (χ0) is 16.6. The molecule has 0 unspecified atom stereocenters. The normalized spacial score (nSPS) is 10.7. The Labute approximate surface area is 132 Å². The summed E-state index contributed by atoms with van der Waals surface area (Å²) in [4.78, 5) is 24.7. The molecule has 3 aromatic rings. The quantitative estimate of drug-likeness (QED) is 0.790. The van der Waals surface area contributed by atoms with Crippen LogP contribution in [0.4, 0.5) is 10.1 Å². The lowest BCUT2D eigenvalue weighted by molar-refractivity contribution is 0.102. The first-order valence-electron chi connectivity index (χ1n) is 7.13. The first-order chi connectivity index (χ1) is 11.0. The Kier molecular flexibility index (Phi) is 3.70. The number of hydrogen-bond acceptors (Lipinski definition) is 2. The third-order valence-corrected chi connectivity index (χ3v) is 3.77. The fraction of sp³-hybridized carbons (Fsp3) is 0.111. The molecule has 1 amide bonds. The molecule has 1 N–H and O–H groups in total. The molecule has 5 heteroatoms. The van der Waals surface area contributed by atoms with Gasteiger partial charge < -0.3 is 9.88 Å². The second-order valence-corrected chi connectivity index (χ2v) is 5.42. The molecule has 0 saturated heterocycles. The summed E-state index contributed by atoms with van der Waals surface area (Å²) in [5, 5.41) is 3.71. The summed E-state index contributed by atoms with van der Waals surface area (Å²) in [5.74, 6) is -0.770. The first kappa shape index (κ1) is 15.0. The number of carbonyl (C=O) groups excluding carboxylic acids is 1. The maximum Gasteiger partial charge on any atom is 0.258 e. The van der Waals surface area contributed by atoms with Crippen molar-refractivity contribution in [3.63, 3.8) is 0 Å². The van der Waals surface area contributed by atoms with Gasteiger partial charge in [-0.05, 0) is 30.7 Å². The van der Waals surface area contributed by atoms with Crippen LogP contribution >= 0.6 is 0 Å². The Morgan fingerprint density at radius 1 is 1.13 bits per heavy atom. The predicted octanol–water partition coefficient (Wildman–Crippen LogP) is 3.24. The molecule has 1 aromatic heterocycles. The summed E-state index contributed by atoms with van der Waals surface area (Å²) in [6.07, 6.45) is 1.49. The van der Waals surface area contributed by atoms with Crippen LogP contribution in [-0.2, 0) is 7.05 Å². The van der Waals surface area contributed by atoms with E-state index in [-0.39, 0.29) is 17.3 Å². The van der Waals surface area contributed by atoms with E-state index in [9.17, 15) is 14.0 Å². The number of amides is 1. The maximum absolute atomic E-state index is 13.6. The van der Waals surface area contributed by atoms with Gasteiger partial charge in [0.05, 0.1) is 5.56 Å². The monoisotopic (exact) mass is 310 g/mol. The lowest BCUT2D eigenvalue weighted by atomic mass is 10.1. The molecule has 116 valence electrons. The number of aromatic nitrogens is 1. The summed E-state index contributed by atoms with van der Waals surface area (Å²) >= 11 is 0. The molecule has 0 aliphatic carbocycles. The van der Waals surface area contributed by atoms with Crippen LogP contribution in [-0.4, -0.2) is 10.5 Å².